The van der Waals surface area contributed by atoms with Crippen LogP contribution in [0.3, 0.4) is 0 Å². The van der Waals surface area contributed by atoms with Gasteiger partial charge in [0.05, 0.1) is 11.8 Å². The van der Waals surface area contributed by atoms with Gasteiger partial charge in [-0.1, -0.05) is 19.9 Å². The fraction of sp³-hybridized carbons (Fsp3) is 0.615. The summed E-state index contributed by atoms with van der Waals surface area (Å²) < 4.78 is 5.88. The molecule has 0 saturated heterocycles. The number of pyridine rings is 1. The highest BCUT2D eigenvalue weighted by molar-refractivity contribution is 5.14. The van der Waals surface area contributed by atoms with Gasteiger partial charge < -0.3 is 4.74 Å². The molecule has 2 heteroatoms. The first-order chi connectivity index (χ1) is 7.00. The van der Waals surface area contributed by atoms with Crippen molar-refractivity contribution in [3.05, 3.63) is 29.6 Å². The van der Waals surface area contributed by atoms with Gasteiger partial charge >= 0.3 is 0 Å². The molecule has 0 amide bonds. The van der Waals surface area contributed by atoms with Gasteiger partial charge in [-0.15, -0.1) is 0 Å². The van der Waals surface area contributed by atoms with Crippen molar-refractivity contribution in [2.75, 3.05) is 0 Å². The van der Waals surface area contributed by atoms with Crippen molar-refractivity contribution < 1.29 is 4.74 Å². The minimum absolute atomic E-state index is 0.102. The SMILES string of the molecule is Cc1ccc([C@H](OC(C)C)C(C)C)nc1. The summed E-state index contributed by atoms with van der Waals surface area (Å²) in [5.41, 5.74) is 2.22. The van der Waals surface area contributed by atoms with Crippen LogP contribution in [0.5, 0.6) is 0 Å². The molecule has 84 valence electrons. The molecule has 0 aliphatic heterocycles. The third-order valence-corrected chi connectivity index (χ3v) is 2.25. The Morgan fingerprint density at radius 1 is 1.13 bits per heavy atom. The molecule has 1 heterocycles. The monoisotopic (exact) mass is 207 g/mol. The summed E-state index contributed by atoms with van der Waals surface area (Å²) in [7, 11) is 0. The summed E-state index contributed by atoms with van der Waals surface area (Å²) in [4.78, 5) is 4.43. The predicted octanol–water partition coefficient (Wildman–Crippen LogP) is 3.51. The van der Waals surface area contributed by atoms with Crippen LogP contribution in [-0.2, 0) is 4.74 Å². The Kier molecular flexibility index (Phi) is 4.28. The van der Waals surface area contributed by atoms with Gasteiger partial charge in [-0.25, -0.2) is 0 Å². The van der Waals surface area contributed by atoms with E-state index < -0.39 is 0 Å². The van der Waals surface area contributed by atoms with Crippen LogP contribution < -0.4 is 0 Å². The number of rotatable bonds is 4. The van der Waals surface area contributed by atoms with E-state index in [4.69, 9.17) is 4.74 Å². The van der Waals surface area contributed by atoms with Crippen molar-refractivity contribution in [1.82, 2.24) is 4.98 Å². The molecular formula is C13H21NO. The van der Waals surface area contributed by atoms with Crippen LogP contribution in [0.25, 0.3) is 0 Å². The maximum absolute atomic E-state index is 5.88. The van der Waals surface area contributed by atoms with Gasteiger partial charge in [-0.2, -0.15) is 0 Å². The Bertz CT molecular complexity index is 290. The van der Waals surface area contributed by atoms with Gasteiger partial charge in [0.2, 0.25) is 0 Å². The second-order valence-electron chi connectivity index (χ2n) is 4.61. The van der Waals surface area contributed by atoms with Gasteiger partial charge in [0.1, 0.15) is 6.10 Å². The number of aryl methyl sites for hydroxylation is 1. The minimum atomic E-state index is 0.102. The van der Waals surface area contributed by atoms with E-state index in [9.17, 15) is 0 Å². The zero-order valence-electron chi connectivity index (χ0n) is 10.3. The Morgan fingerprint density at radius 2 is 1.80 bits per heavy atom. The molecule has 0 fully saturated rings. The zero-order chi connectivity index (χ0) is 11.4. The van der Waals surface area contributed by atoms with Gasteiger partial charge in [-0.05, 0) is 38.3 Å². The molecule has 0 aromatic carbocycles. The Labute approximate surface area is 92.7 Å². The standard InChI is InChI=1S/C13H21NO/c1-9(2)13(15-10(3)4)12-7-6-11(5)8-14-12/h6-10,13H,1-5H3/t13-/m1/s1. The number of ether oxygens (including phenoxy) is 1. The average Bonchev–Trinajstić information content (AvgIpc) is 2.15. The van der Waals surface area contributed by atoms with E-state index in [0.717, 1.165) is 5.69 Å². The van der Waals surface area contributed by atoms with Gasteiger partial charge in [0.25, 0.3) is 0 Å². The molecule has 0 unspecified atom stereocenters. The summed E-state index contributed by atoms with van der Waals surface area (Å²) in [6, 6.07) is 4.14. The Hall–Kier alpha value is -0.890. The summed E-state index contributed by atoms with van der Waals surface area (Å²) in [6.07, 6.45) is 2.24. The first-order valence-corrected chi connectivity index (χ1v) is 5.58. The normalized spacial score (nSPS) is 13.5. The van der Waals surface area contributed by atoms with Crippen molar-refractivity contribution in [3.63, 3.8) is 0 Å². The fourth-order valence-electron chi connectivity index (χ4n) is 1.51. The largest absolute Gasteiger partial charge is 0.369 e. The van der Waals surface area contributed by atoms with Crippen LogP contribution in [0.1, 0.15) is 45.1 Å². The van der Waals surface area contributed by atoms with Crippen molar-refractivity contribution >= 4 is 0 Å². The van der Waals surface area contributed by atoms with Gasteiger partial charge in [-0.3, -0.25) is 4.98 Å². The second-order valence-corrected chi connectivity index (χ2v) is 4.61. The van der Waals surface area contributed by atoms with Crippen LogP contribution >= 0.6 is 0 Å². The van der Waals surface area contributed by atoms with Crippen molar-refractivity contribution in [2.24, 2.45) is 5.92 Å². The van der Waals surface area contributed by atoms with Crippen molar-refractivity contribution in [2.45, 2.75) is 46.8 Å². The topological polar surface area (TPSA) is 22.1 Å². The van der Waals surface area contributed by atoms with E-state index in [2.05, 4.69) is 44.8 Å². The second kappa shape index (κ2) is 5.26. The quantitative estimate of drug-likeness (QED) is 0.753. The number of hydrogen-bond donors (Lipinski definition) is 0. The fourth-order valence-corrected chi connectivity index (χ4v) is 1.51. The van der Waals surface area contributed by atoms with E-state index in [1.165, 1.54) is 5.56 Å². The molecule has 2 nitrogen and oxygen atoms in total. The highest BCUT2D eigenvalue weighted by atomic mass is 16.5. The third kappa shape index (κ3) is 3.63. The number of nitrogens with zero attached hydrogens (tertiary/aromatic N) is 1. The highest BCUT2D eigenvalue weighted by Crippen LogP contribution is 2.25. The molecule has 15 heavy (non-hydrogen) atoms. The summed E-state index contributed by atoms with van der Waals surface area (Å²) >= 11 is 0. The van der Waals surface area contributed by atoms with Gasteiger partial charge in [0.15, 0.2) is 0 Å². The molecular weight excluding hydrogens is 186 g/mol. The van der Waals surface area contributed by atoms with E-state index in [1.807, 2.05) is 13.1 Å². The lowest BCUT2D eigenvalue weighted by Gasteiger charge is -2.23. The molecule has 1 aromatic heterocycles. The molecule has 0 aliphatic carbocycles. The molecule has 0 radical (unpaired) electrons. The lowest BCUT2D eigenvalue weighted by atomic mass is 10.0. The first kappa shape index (κ1) is 12.2. The van der Waals surface area contributed by atoms with Crippen LogP contribution in [0.15, 0.2) is 18.3 Å². The predicted molar refractivity (Wildman–Crippen MR) is 62.8 cm³/mol. The molecule has 0 bridgehead atoms. The lowest BCUT2D eigenvalue weighted by molar-refractivity contribution is -0.0224. The Morgan fingerprint density at radius 3 is 2.20 bits per heavy atom. The molecule has 0 saturated carbocycles. The van der Waals surface area contributed by atoms with Crippen molar-refractivity contribution in [3.8, 4) is 0 Å². The molecule has 0 N–H and O–H groups in total. The molecule has 1 aromatic rings. The smallest absolute Gasteiger partial charge is 0.102 e. The summed E-state index contributed by atoms with van der Waals surface area (Å²) in [5, 5.41) is 0. The molecule has 0 spiro atoms. The minimum Gasteiger partial charge on any atom is -0.369 e. The maximum Gasteiger partial charge on any atom is 0.102 e. The number of aromatic nitrogens is 1. The first-order valence-electron chi connectivity index (χ1n) is 5.58. The van der Waals surface area contributed by atoms with E-state index in [-0.39, 0.29) is 12.2 Å². The summed E-state index contributed by atoms with van der Waals surface area (Å²) in [5.74, 6) is 0.447. The lowest BCUT2D eigenvalue weighted by Crippen LogP contribution is -2.16. The molecule has 0 aliphatic rings. The third-order valence-electron chi connectivity index (χ3n) is 2.25. The van der Waals surface area contributed by atoms with Crippen LogP contribution in [0, 0.1) is 12.8 Å². The van der Waals surface area contributed by atoms with E-state index in [0.29, 0.717) is 5.92 Å². The van der Waals surface area contributed by atoms with Crippen LogP contribution in [0.4, 0.5) is 0 Å². The Balaban J connectivity index is 2.84. The highest BCUT2D eigenvalue weighted by Gasteiger charge is 2.18. The number of hydrogen-bond acceptors (Lipinski definition) is 2. The maximum atomic E-state index is 5.88. The van der Waals surface area contributed by atoms with Crippen LogP contribution in [0.2, 0.25) is 0 Å². The summed E-state index contributed by atoms with van der Waals surface area (Å²) in [6.45, 7) is 10.5. The molecule has 1 atom stereocenters. The van der Waals surface area contributed by atoms with Crippen LogP contribution in [-0.4, -0.2) is 11.1 Å². The zero-order valence-corrected chi connectivity index (χ0v) is 10.3. The van der Waals surface area contributed by atoms with E-state index in [1.54, 1.807) is 0 Å². The van der Waals surface area contributed by atoms with E-state index >= 15 is 0 Å². The molecule has 1 rings (SSSR count). The van der Waals surface area contributed by atoms with Crippen molar-refractivity contribution in [1.29, 1.82) is 0 Å². The average molecular weight is 207 g/mol. The van der Waals surface area contributed by atoms with Gasteiger partial charge in [0, 0.05) is 6.20 Å².